The molecule has 0 aromatic carbocycles. The predicted octanol–water partition coefficient (Wildman–Crippen LogP) is 1.82. The zero-order chi connectivity index (χ0) is 11.6. The minimum absolute atomic E-state index is 0.607. The van der Waals surface area contributed by atoms with Gasteiger partial charge in [-0.25, -0.2) is 9.19 Å². The van der Waals surface area contributed by atoms with Gasteiger partial charge in [0.15, 0.2) is 0 Å². The van der Waals surface area contributed by atoms with Crippen molar-refractivity contribution in [3.63, 3.8) is 0 Å². The van der Waals surface area contributed by atoms with Gasteiger partial charge in [0.25, 0.3) is 0 Å². The fourth-order valence-electron chi connectivity index (χ4n) is 2.54. The molecule has 0 bridgehead atoms. The van der Waals surface area contributed by atoms with Gasteiger partial charge >= 0.3 is 6.95 Å². The van der Waals surface area contributed by atoms with Crippen molar-refractivity contribution in [2.24, 2.45) is 0 Å². The third kappa shape index (κ3) is 3.69. The average Bonchev–Trinajstić information content (AvgIpc) is 2.69. The highest BCUT2D eigenvalue weighted by molar-refractivity contribution is 7.80. The van der Waals surface area contributed by atoms with E-state index >= 15 is 0 Å². The lowest BCUT2D eigenvalue weighted by Gasteiger charge is -2.35. The molecule has 2 fully saturated rings. The van der Waals surface area contributed by atoms with E-state index in [0.717, 1.165) is 12.8 Å². The summed E-state index contributed by atoms with van der Waals surface area (Å²) in [6.45, 7) is -0.149. The van der Waals surface area contributed by atoms with Gasteiger partial charge in [0.2, 0.25) is 0 Å². The minimum Gasteiger partial charge on any atom is -0.312 e. The first kappa shape index (κ1) is 12.8. The van der Waals surface area contributed by atoms with Crippen LogP contribution in [0, 0.1) is 0 Å². The van der Waals surface area contributed by atoms with Crippen LogP contribution in [0.1, 0.15) is 25.7 Å². The van der Waals surface area contributed by atoms with Crippen molar-refractivity contribution in [1.29, 1.82) is 0 Å². The Labute approximate surface area is 101 Å². The Bertz CT molecular complexity index is 272. The highest BCUT2D eigenvalue weighted by Gasteiger charge is 2.29. The summed E-state index contributed by atoms with van der Waals surface area (Å²) >= 11 is 5.17. The maximum atomic E-state index is 10.9. The molecule has 0 aromatic heterocycles. The summed E-state index contributed by atoms with van der Waals surface area (Å²) in [5.41, 5.74) is 0. The molecule has 5 nitrogen and oxygen atoms in total. The molecule has 1 unspecified atom stereocenters. The molecule has 0 aromatic rings. The van der Waals surface area contributed by atoms with E-state index in [2.05, 4.69) is 4.90 Å². The van der Waals surface area contributed by atoms with Gasteiger partial charge in [0.1, 0.15) is 0 Å². The molecule has 2 aliphatic heterocycles. The molecule has 1 atom stereocenters. The van der Waals surface area contributed by atoms with E-state index in [1.165, 1.54) is 31.0 Å². The molecule has 0 spiro atoms. The number of halogens is 1. The first-order chi connectivity index (χ1) is 7.54. The summed E-state index contributed by atoms with van der Waals surface area (Å²) in [6, 6.07) is 0.607. The number of hydrogen-bond donors (Lipinski definition) is 1. The number of hydrogen-bond acceptors (Lipinski definition) is 4. The van der Waals surface area contributed by atoms with Crippen LogP contribution in [-0.4, -0.2) is 47.1 Å². The number of nitrogens with zero attached hydrogens (tertiary/aromatic N) is 2. The van der Waals surface area contributed by atoms with Crippen LogP contribution in [0.2, 0.25) is 0 Å². The standard InChI is InChI=1S/C9H18ClN2O3P/c10-16(13,14)15-12-7-3-9(4-8-12)11-5-1-2-6-11/h9H,1-8H2,(H,13,14). The lowest BCUT2D eigenvalue weighted by Crippen LogP contribution is -2.43. The van der Waals surface area contributed by atoms with Gasteiger partial charge in [0, 0.05) is 30.4 Å². The van der Waals surface area contributed by atoms with Crippen molar-refractivity contribution in [2.45, 2.75) is 31.7 Å². The van der Waals surface area contributed by atoms with Gasteiger partial charge < -0.3 is 9.79 Å². The van der Waals surface area contributed by atoms with Gasteiger partial charge in [-0.2, -0.15) is 5.06 Å². The third-order valence-corrected chi connectivity index (χ3v) is 3.91. The fraction of sp³-hybridized carbons (Fsp3) is 1.00. The molecular weight excluding hydrogens is 251 g/mol. The van der Waals surface area contributed by atoms with Crippen LogP contribution in [0.3, 0.4) is 0 Å². The monoisotopic (exact) mass is 268 g/mol. The Hall–Kier alpha value is 0.360. The van der Waals surface area contributed by atoms with Crippen molar-refractivity contribution < 1.29 is 14.1 Å². The van der Waals surface area contributed by atoms with E-state index in [9.17, 15) is 4.57 Å². The molecule has 2 saturated heterocycles. The van der Waals surface area contributed by atoms with Gasteiger partial charge in [0.05, 0.1) is 0 Å². The largest absolute Gasteiger partial charge is 0.438 e. The molecule has 0 radical (unpaired) electrons. The smallest absolute Gasteiger partial charge is 0.312 e. The summed E-state index contributed by atoms with van der Waals surface area (Å²) < 4.78 is 15.6. The zero-order valence-electron chi connectivity index (χ0n) is 9.22. The normalized spacial score (nSPS) is 29.4. The number of likely N-dealkylation sites (tertiary alicyclic amines) is 1. The molecule has 16 heavy (non-hydrogen) atoms. The quantitative estimate of drug-likeness (QED) is 0.792. The van der Waals surface area contributed by atoms with Crippen molar-refractivity contribution in [2.75, 3.05) is 26.2 Å². The van der Waals surface area contributed by atoms with Gasteiger partial charge in [-0.1, -0.05) is 0 Å². The maximum Gasteiger partial charge on any atom is 0.438 e. The molecule has 0 amide bonds. The maximum absolute atomic E-state index is 10.9. The highest BCUT2D eigenvalue weighted by atomic mass is 35.7. The second-order valence-corrected chi connectivity index (χ2v) is 6.78. The lowest BCUT2D eigenvalue weighted by atomic mass is 10.1. The SMILES string of the molecule is O=P(O)(Cl)ON1CCC(N2CCCC2)CC1. The summed E-state index contributed by atoms with van der Waals surface area (Å²) in [7, 11) is 0. The van der Waals surface area contributed by atoms with E-state index in [1.807, 2.05) is 0 Å². The number of hydroxylamine groups is 2. The van der Waals surface area contributed by atoms with Crippen LogP contribution in [0.4, 0.5) is 0 Å². The van der Waals surface area contributed by atoms with Gasteiger partial charge in [-0.3, -0.25) is 0 Å². The zero-order valence-corrected chi connectivity index (χ0v) is 10.9. The van der Waals surface area contributed by atoms with Crippen LogP contribution in [0.5, 0.6) is 0 Å². The molecule has 0 saturated carbocycles. The van der Waals surface area contributed by atoms with Crippen LogP contribution in [0.15, 0.2) is 0 Å². The van der Waals surface area contributed by atoms with Crippen LogP contribution < -0.4 is 0 Å². The van der Waals surface area contributed by atoms with Gasteiger partial charge in [-0.15, -0.1) is 0 Å². The van der Waals surface area contributed by atoms with E-state index in [-0.39, 0.29) is 0 Å². The van der Waals surface area contributed by atoms with E-state index in [0.29, 0.717) is 19.1 Å². The summed E-state index contributed by atoms with van der Waals surface area (Å²) in [5.74, 6) is 0. The Kier molecular flexibility index (Phi) is 4.27. The fourth-order valence-corrected chi connectivity index (χ4v) is 3.25. The van der Waals surface area contributed by atoms with Crippen molar-refractivity contribution >= 4 is 18.2 Å². The van der Waals surface area contributed by atoms with Crippen LogP contribution in [-0.2, 0) is 9.19 Å². The Morgan fingerprint density at radius 3 is 2.25 bits per heavy atom. The summed E-state index contributed by atoms with van der Waals surface area (Å²) in [4.78, 5) is 11.4. The molecule has 2 rings (SSSR count). The predicted molar refractivity (Wildman–Crippen MR) is 62.2 cm³/mol. The van der Waals surface area contributed by atoms with Crippen LogP contribution >= 0.6 is 18.2 Å². The molecule has 7 heteroatoms. The second-order valence-electron chi connectivity index (χ2n) is 4.44. The first-order valence-electron chi connectivity index (χ1n) is 5.76. The molecule has 0 aliphatic carbocycles. The van der Waals surface area contributed by atoms with Crippen molar-refractivity contribution in [3.05, 3.63) is 0 Å². The Morgan fingerprint density at radius 2 is 1.75 bits per heavy atom. The van der Waals surface area contributed by atoms with Crippen LogP contribution in [0.25, 0.3) is 0 Å². The molecule has 1 N–H and O–H groups in total. The molecule has 94 valence electrons. The molecular formula is C9H18ClN2O3P. The lowest BCUT2D eigenvalue weighted by molar-refractivity contribution is -0.0887. The minimum atomic E-state index is -3.89. The Balaban J connectivity index is 1.76. The Morgan fingerprint density at radius 1 is 1.19 bits per heavy atom. The van der Waals surface area contributed by atoms with E-state index in [1.54, 1.807) is 0 Å². The molecule has 2 aliphatic rings. The first-order valence-corrected chi connectivity index (χ1v) is 8.24. The average molecular weight is 269 g/mol. The van der Waals surface area contributed by atoms with Crippen molar-refractivity contribution in [3.8, 4) is 0 Å². The third-order valence-electron chi connectivity index (χ3n) is 3.30. The summed E-state index contributed by atoms with van der Waals surface area (Å²) in [6.07, 6.45) is 4.56. The van der Waals surface area contributed by atoms with Gasteiger partial charge in [-0.05, 0) is 38.8 Å². The highest BCUT2D eigenvalue weighted by Crippen LogP contribution is 2.48. The second kappa shape index (κ2) is 5.34. The summed E-state index contributed by atoms with van der Waals surface area (Å²) in [5, 5.41) is 1.51. The van der Waals surface area contributed by atoms with E-state index in [4.69, 9.17) is 20.8 Å². The topological polar surface area (TPSA) is 53.0 Å². The number of piperidine rings is 1. The molecule has 2 heterocycles. The number of rotatable bonds is 3. The van der Waals surface area contributed by atoms with Crippen molar-refractivity contribution in [1.82, 2.24) is 9.96 Å². The van der Waals surface area contributed by atoms with E-state index < -0.39 is 6.95 Å².